The molecule has 3 heterocycles. The first-order valence-electron chi connectivity index (χ1n) is 10.6. The van der Waals surface area contributed by atoms with Crippen molar-refractivity contribution in [3.63, 3.8) is 0 Å². The molecule has 1 aromatic heterocycles. The minimum atomic E-state index is 0.304. The molecule has 1 aromatic carbocycles. The molecule has 0 bridgehead atoms. The Morgan fingerprint density at radius 1 is 0.964 bits per heavy atom. The molecule has 1 aliphatic carbocycles. The molecule has 5 nitrogen and oxygen atoms in total. The van der Waals surface area contributed by atoms with Crippen molar-refractivity contribution in [1.29, 1.82) is 0 Å². The van der Waals surface area contributed by atoms with Crippen molar-refractivity contribution in [2.75, 3.05) is 19.6 Å². The molecule has 0 saturated carbocycles. The van der Waals surface area contributed by atoms with Gasteiger partial charge < -0.3 is 14.6 Å². The van der Waals surface area contributed by atoms with Gasteiger partial charge in [0.1, 0.15) is 5.76 Å². The van der Waals surface area contributed by atoms with Crippen LogP contribution in [0.5, 0.6) is 0 Å². The topological polar surface area (TPSA) is 48.7 Å². The van der Waals surface area contributed by atoms with E-state index in [1.165, 1.54) is 11.1 Å². The smallest absolute Gasteiger partial charge is 0.224 e. The second kappa shape index (κ2) is 7.72. The quantitative estimate of drug-likeness (QED) is 0.868. The van der Waals surface area contributed by atoms with Crippen LogP contribution in [0.3, 0.4) is 0 Å². The van der Waals surface area contributed by atoms with Gasteiger partial charge in [-0.25, -0.2) is 0 Å². The normalized spacial score (nSPS) is 24.2. The van der Waals surface area contributed by atoms with Gasteiger partial charge in [-0.2, -0.15) is 0 Å². The average molecular weight is 380 g/mol. The van der Waals surface area contributed by atoms with E-state index in [-0.39, 0.29) is 0 Å². The second-order valence-corrected chi connectivity index (χ2v) is 8.57. The van der Waals surface area contributed by atoms with Gasteiger partial charge >= 0.3 is 0 Å². The second-order valence-electron chi connectivity index (χ2n) is 8.57. The number of likely N-dealkylation sites (tertiary alicyclic amines) is 2. The molecule has 2 aliphatic heterocycles. The molecule has 2 fully saturated rings. The molecule has 148 valence electrons. The van der Waals surface area contributed by atoms with Crippen LogP contribution in [0.15, 0.2) is 47.1 Å². The summed E-state index contributed by atoms with van der Waals surface area (Å²) in [6, 6.07) is 13.8. The van der Waals surface area contributed by atoms with E-state index in [9.17, 15) is 4.79 Å². The number of amides is 1. The Balaban J connectivity index is 1.11. The highest BCUT2D eigenvalue weighted by molar-refractivity contribution is 5.80. The van der Waals surface area contributed by atoms with Crippen LogP contribution in [0.25, 0.3) is 0 Å². The molecule has 5 heteroatoms. The number of carbonyl (C=O) groups excluding carboxylic acids is 1. The molecule has 0 spiro atoms. The van der Waals surface area contributed by atoms with E-state index in [2.05, 4.69) is 39.4 Å². The Kier molecular flexibility index (Phi) is 4.95. The maximum absolute atomic E-state index is 12.7. The average Bonchev–Trinajstić information content (AvgIpc) is 3.43. The van der Waals surface area contributed by atoms with Gasteiger partial charge in [-0.15, -0.1) is 0 Å². The summed E-state index contributed by atoms with van der Waals surface area (Å²) in [4.78, 5) is 17.3. The van der Waals surface area contributed by atoms with Gasteiger partial charge in [-0.05, 0) is 48.9 Å². The van der Waals surface area contributed by atoms with Crippen LogP contribution in [0, 0.1) is 0 Å². The highest BCUT2D eigenvalue weighted by Gasteiger charge is 2.37. The molecule has 3 aliphatic rings. The summed E-state index contributed by atoms with van der Waals surface area (Å²) >= 11 is 0. The lowest BCUT2D eigenvalue weighted by Crippen LogP contribution is -2.47. The number of piperidine rings is 1. The molecular formula is C23H29N3O2. The molecular weight excluding hydrogens is 350 g/mol. The van der Waals surface area contributed by atoms with Gasteiger partial charge in [0.15, 0.2) is 0 Å². The lowest BCUT2D eigenvalue weighted by atomic mass is 10.0. The Bertz CT molecular complexity index is 786. The van der Waals surface area contributed by atoms with Crippen molar-refractivity contribution in [2.24, 2.45) is 0 Å². The van der Waals surface area contributed by atoms with Crippen LogP contribution in [0.4, 0.5) is 0 Å². The van der Waals surface area contributed by atoms with Crippen molar-refractivity contribution >= 4 is 5.91 Å². The number of nitrogens with one attached hydrogen (secondary N) is 1. The number of rotatable bonds is 5. The molecule has 0 unspecified atom stereocenters. The van der Waals surface area contributed by atoms with Gasteiger partial charge in [0.2, 0.25) is 5.91 Å². The molecule has 2 aromatic rings. The fourth-order valence-electron chi connectivity index (χ4n) is 5.17. The number of carbonyl (C=O) groups is 1. The first-order valence-corrected chi connectivity index (χ1v) is 10.6. The predicted molar refractivity (Wildman–Crippen MR) is 108 cm³/mol. The van der Waals surface area contributed by atoms with Crippen LogP contribution in [-0.4, -0.2) is 53.5 Å². The molecule has 5 rings (SSSR count). The van der Waals surface area contributed by atoms with Crippen LogP contribution >= 0.6 is 0 Å². The zero-order valence-electron chi connectivity index (χ0n) is 16.3. The summed E-state index contributed by atoms with van der Waals surface area (Å²) in [5.74, 6) is 1.37. The zero-order valence-corrected chi connectivity index (χ0v) is 16.3. The maximum atomic E-state index is 12.7. The fraction of sp³-hybridized carbons (Fsp3) is 0.522. The molecule has 28 heavy (non-hydrogen) atoms. The van der Waals surface area contributed by atoms with Crippen molar-refractivity contribution in [3.8, 4) is 0 Å². The molecule has 0 radical (unpaired) electrons. The zero-order chi connectivity index (χ0) is 18.9. The van der Waals surface area contributed by atoms with E-state index >= 15 is 0 Å². The highest BCUT2D eigenvalue weighted by atomic mass is 16.3. The third-order valence-corrected chi connectivity index (χ3v) is 6.65. The first kappa shape index (κ1) is 18.0. The molecule has 1 amide bonds. The van der Waals surface area contributed by atoms with E-state index in [0.29, 0.717) is 30.5 Å². The highest BCUT2D eigenvalue weighted by Crippen LogP contribution is 2.28. The summed E-state index contributed by atoms with van der Waals surface area (Å²) in [6.07, 6.45) is 6.70. The maximum Gasteiger partial charge on any atom is 0.224 e. The van der Waals surface area contributed by atoms with E-state index in [0.717, 1.165) is 57.6 Å². The molecule has 2 saturated heterocycles. The minimum absolute atomic E-state index is 0.304. The third-order valence-electron chi connectivity index (χ3n) is 6.65. The standard InChI is InChI=1S/C23H29N3O2/c27-23-14-20(15-26(23)21-12-17-4-1-2-5-18(17)13-21)24-19-7-9-25(10-8-19)16-22-6-3-11-28-22/h1-6,11,19-21,24H,7-10,12-16H2/t20-/m1/s1. The van der Waals surface area contributed by atoms with Gasteiger partial charge in [-0.3, -0.25) is 9.69 Å². The summed E-state index contributed by atoms with van der Waals surface area (Å²) in [6.45, 7) is 3.93. The van der Waals surface area contributed by atoms with Crippen LogP contribution in [0.1, 0.15) is 36.1 Å². The van der Waals surface area contributed by atoms with Gasteiger partial charge in [0.25, 0.3) is 0 Å². The number of benzene rings is 1. The summed E-state index contributed by atoms with van der Waals surface area (Å²) in [7, 11) is 0. The van der Waals surface area contributed by atoms with Gasteiger partial charge in [0.05, 0.1) is 12.8 Å². The summed E-state index contributed by atoms with van der Waals surface area (Å²) in [5, 5.41) is 3.79. The van der Waals surface area contributed by atoms with Crippen molar-refractivity contribution in [2.45, 2.75) is 56.8 Å². The van der Waals surface area contributed by atoms with E-state index in [1.807, 2.05) is 12.1 Å². The number of nitrogens with zero attached hydrogens (tertiary/aromatic N) is 2. The Morgan fingerprint density at radius 2 is 1.71 bits per heavy atom. The first-order chi connectivity index (χ1) is 13.7. The molecule has 1 N–H and O–H groups in total. The van der Waals surface area contributed by atoms with Crippen LogP contribution in [-0.2, 0) is 24.2 Å². The summed E-state index contributed by atoms with van der Waals surface area (Å²) < 4.78 is 5.47. The minimum Gasteiger partial charge on any atom is -0.468 e. The van der Waals surface area contributed by atoms with Gasteiger partial charge in [-0.1, -0.05) is 24.3 Å². The monoisotopic (exact) mass is 379 g/mol. The van der Waals surface area contributed by atoms with Crippen molar-refractivity contribution < 1.29 is 9.21 Å². The van der Waals surface area contributed by atoms with Crippen molar-refractivity contribution in [3.05, 3.63) is 59.5 Å². The van der Waals surface area contributed by atoms with Crippen LogP contribution < -0.4 is 5.32 Å². The Hall–Kier alpha value is -2.11. The third kappa shape index (κ3) is 3.74. The lowest BCUT2D eigenvalue weighted by Gasteiger charge is -2.33. The fourth-order valence-corrected chi connectivity index (χ4v) is 5.17. The summed E-state index contributed by atoms with van der Waals surface area (Å²) in [5.41, 5.74) is 2.83. The van der Waals surface area contributed by atoms with E-state index in [1.54, 1.807) is 6.26 Å². The number of furan rings is 1. The lowest BCUT2D eigenvalue weighted by molar-refractivity contribution is -0.129. The number of hydrogen-bond acceptors (Lipinski definition) is 4. The number of hydrogen-bond donors (Lipinski definition) is 1. The number of fused-ring (bicyclic) bond motifs is 1. The predicted octanol–water partition coefficient (Wildman–Crippen LogP) is 2.60. The van der Waals surface area contributed by atoms with E-state index in [4.69, 9.17) is 4.42 Å². The largest absolute Gasteiger partial charge is 0.468 e. The van der Waals surface area contributed by atoms with E-state index < -0.39 is 0 Å². The Labute approximate surface area is 166 Å². The SMILES string of the molecule is O=C1C[C@@H](NC2CCN(Cc3ccco3)CC2)CN1C1Cc2ccccc2C1. The Morgan fingerprint density at radius 3 is 2.39 bits per heavy atom. The van der Waals surface area contributed by atoms with Crippen molar-refractivity contribution in [1.82, 2.24) is 15.1 Å². The van der Waals surface area contributed by atoms with Crippen LogP contribution in [0.2, 0.25) is 0 Å². The molecule has 1 atom stereocenters. The van der Waals surface area contributed by atoms with Gasteiger partial charge in [0, 0.05) is 44.2 Å².